The molecule has 2 amide bonds. The zero-order chi connectivity index (χ0) is 17.6. The number of nitrogens with one attached hydrogen (secondary N) is 3. The first-order valence-corrected chi connectivity index (χ1v) is 7.90. The third-order valence-electron chi connectivity index (χ3n) is 3.60. The number of H-pyrrole nitrogens is 1. The first kappa shape index (κ1) is 16.6. The van der Waals surface area contributed by atoms with Crippen molar-refractivity contribution in [2.24, 2.45) is 0 Å². The summed E-state index contributed by atoms with van der Waals surface area (Å²) in [4.78, 5) is 31.1. The van der Waals surface area contributed by atoms with Crippen molar-refractivity contribution in [2.75, 3.05) is 11.9 Å². The maximum Gasteiger partial charge on any atom is 0.313 e. The Morgan fingerprint density at radius 2 is 1.92 bits per heavy atom. The molecule has 6 nitrogen and oxygen atoms in total. The van der Waals surface area contributed by atoms with E-state index in [1.807, 2.05) is 24.3 Å². The zero-order valence-electron chi connectivity index (χ0n) is 13.4. The molecule has 0 aliphatic heterocycles. The molecule has 3 aromatic rings. The number of carbonyl (C=O) groups is 2. The Labute approximate surface area is 143 Å². The highest BCUT2D eigenvalue weighted by atomic mass is 19.1. The third kappa shape index (κ3) is 4.41. The number of amides is 2. The Kier molecular flexibility index (Phi) is 5.03. The minimum absolute atomic E-state index is 0.238. The van der Waals surface area contributed by atoms with E-state index < -0.39 is 17.6 Å². The van der Waals surface area contributed by atoms with Crippen LogP contribution in [0.15, 0.2) is 48.5 Å². The van der Waals surface area contributed by atoms with Gasteiger partial charge in [-0.15, -0.1) is 0 Å². The molecule has 3 N–H and O–H groups in total. The monoisotopic (exact) mass is 340 g/mol. The molecule has 0 unspecified atom stereocenters. The van der Waals surface area contributed by atoms with E-state index in [4.69, 9.17) is 0 Å². The molecule has 0 atom stereocenters. The minimum Gasteiger partial charge on any atom is -0.348 e. The van der Waals surface area contributed by atoms with E-state index in [-0.39, 0.29) is 5.69 Å². The van der Waals surface area contributed by atoms with E-state index in [9.17, 15) is 14.0 Å². The number of imidazole rings is 1. The topological polar surface area (TPSA) is 86.9 Å². The SMILES string of the molecule is O=C(NCCCc1nc2ccccc2[nH]1)C(=O)Nc1cccc(F)c1. The molecule has 0 fully saturated rings. The fraction of sp³-hybridized carbons (Fsp3) is 0.167. The van der Waals surface area contributed by atoms with Crippen LogP contribution >= 0.6 is 0 Å². The van der Waals surface area contributed by atoms with Crippen LogP contribution in [0.3, 0.4) is 0 Å². The smallest absolute Gasteiger partial charge is 0.313 e. The van der Waals surface area contributed by atoms with Crippen LogP contribution in [0.4, 0.5) is 10.1 Å². The maximum absolute atomic E-state index is 13.0. The van der Waals surface area contributed by atoms with Crippen molar-refractivity contribution in [3.05, 3.63) is 60.2 Å². The zero-order valence-corrected chi connectivity index (χ0v) is 13.4. The number of aromatic nitrogens is 2. The number of benzene rings is 2. The van der Waals surface area contributed by atoms with Gasteiger partial charge in [0.05, 0.1) is 11.0 Å². The lowest BCUT2D eigenvalue weighted by Gasteiger charge is -2.06. The quantitative estimate of drug-likeness (QED) is 0.492. The molecule has 0 saturated heterocycles. The summed E-state index contributed by atoms with van der Waals surface area (Å²) < 4.78 is 13.0. The van der Waals surface area contributed by atoms with E-state index in [1.54, 1.807) is 0 Å². The predicted octanol–water partition coefficient (Wildman–Crippen LogP) is 2.39. The fourth-order valence-electron chi connectivity index (χ4n) is 2.42. The number of fused-ring (bicyclic) bond motifs is 1. The largest absolute Gasteiger partial charge is 0.348 e. The van der Waals surface area contributed by atoms with Crippen molar-refractivity contribution in [1.82, 2.24) is 15.3 Å². The molecule has 128 valence electrons. The summed E-state index contributed by atoms with van der Waals surface area (Å²) in [7, 11) is 0. The van der Waals surface area contributed by atoms with E-state index >= 15 is 0 Å². The predicted molar refractivity (Wildman–Crippen MR) is 92.5 cm³/mol. The third-order valence-corrected chi connectivity index (χ3v) is 3.60. The number of nitrogens with zero attached hydrogens (tertiary/aromatic N) is 1. The average Bonchev–Trinajstić information content (AvgIpc) is 3.01. The molecule has 0 bridgehead atoms. The number of halogens is 1. The molecule has 0 aliphatic rings. The number of rotatable bonds is 5. The lowest BCUT2D eigenvalue weighted by atomic mass is 10.3. The van der Waals surface area contributed by atoms with Crippen LogP contribution in [0.1, 0.15) is 12.2 Å². The summed E-state index contributed by atoms with van der Waals surface area (Å²) in [5.74, 6) is -1.23. The second-order valence-corrected chi connectivity index (χ2v) is 5.52. The van der Waals surface area contributed by atoms with Gasteiger partial charge in [0.2, 0.25) is 0 Å². The molecule has 1 heterocycles. The molecule has 0 aliphatic carbocycles. The van der Waals surface area contributed by atoms with Crippen LogP contribution in [-0.2, 0) is 16.0 Å². The van der Waals surface area contributed by atoms with Gasteiger partial charge >= 0.3 is 11.8 Å². The highest BCUT2D eigenvalue weighted by molar-refractivity contribution is 6.39. The number of hydrogen-bond donors (Lipinski definition) is 3. The van der Waals surface area contributed by atoms with Crippen LogP contribution in [0, 0.1) is 5.82 Å². The van der Waals surface area contributed by atoms with Crippen LogP contribution in [0.2, 0.25) is 0 Å². The van der Waals surface area contributed by atoms with Crippen LogP contribution < -0.4 is 10.6 Å². The van der Waals surface area contributed by atoms with Crippen LogP contribution in [0.25, 0.3) is 11.0 Å². The highest BCUT2D eigenvalue weighted by Crippen LogP contribution is 2.11. The summed E-state index contributed by atoms with van der Waals surface area (Å²) in [6.07, 6.45) is 1.29. The number of aromatic amines is 1. The van der Waals surface area contributed by atoms with Gasteiger partial charge in [-0.25, -0.2) is 9.37 Å². The summed E-state index contributed by atoms with van der Waals surface area (Å²) in [5.41, 5.74) is 2.11. The Morgan fingerprint density at radius 3 is 2.72 bits per heavy atom. The van der Waals surface area contributed by atoms with E-state index in [0.717, 1.165) is 22.9 Å². The molecule has 2 aromatic carbocycles. The number of carbonyl (C=O) groups excluding carboxylic acids is 2. The van der Waals surface area contributed by atoms with E-state index in [1.165, 1.54) is 18.2 Å². The van der Waals surface area contributed by atoms with Gasteiger partial charge in [0, 0.05) is 18.7 Å². The van der Waals surface area contributed by atoms with Gasteiger partial charge in [0.1, 0.15) is 11.6 Å². The lowest BCUT2D eigenvalue weighted by molar-refractivity contribution is -0.136. The molecule has 0 radical (unpaired) electrons. The summed E-state index contributed by atoms with van der Waals surface area (Å²) in [6, 6.07) is 13.1. The lowest BCUT2D eigenvalue weighted by Crippen LogP contribution is -2.36. The first-order chi connectivity index (χ1) is 12.1. The molecule has 0 saturated carbocycles. The van der Waals surface area contributed by atoms with Crippen molar-refractivity contribution < 1.29 is 14.0 Å². The van der Waals surface area contributed by atoms with Gasteiger partial charge in [0.25, 0.3) is 0 Å². The molecule has 0 spiro atoms. The molecular weight excluding hydrogens is 323 g/mol. The van der Waals surface area contributed by atoms with Crippen molar-refractivity contribution in [3.63, 3.8) is 0 Å². The number of anilines is 1. The number of para-hydroxylation sites is 2. The van der Waals surface area contributed by atoms with Crippen molar-refractivity contribution >= 4 is 28.5 Å². The minimum atomic E-state index is -0.825. The Hall–Kier alpha value is -3.22. The van der Waals surface area contributed by atoms with Crippen molar-refractivity contribution in [2.45, 2.75) is 12.8 Å². The van der Waals surface area contributed by atoms with Crippen LogP contribution in [-0.4, -0.2) is 28.3 Å². The molecule has 7 heteroatoms. The average molecular weight is 340 g/mol. The standard InChI is InChI=1S/C18H17FN4O2/c19-12-5-3-6-13(11-12)21-18(25)17(24)20-10-4-9-16-22-14-7-1-2-8-15(14)23-16/h1-3,5-8,11H,4,9-10H2,(H,20,24)(H,21,25)(H,22,23). The maximum atomic E-state index is 13.0. The van der Waals surface area contributed by atoms with Gasteiger partial charge in [-0.2, -0.15) is 0 Å². The second-order valence-electron chi connectivity index (χ2n) is 5.52. The van der Waals surface area contributed by atoms with E-state index in [2.05, 4.69) is 20.6 Å². The molecule has 3 rings (SSSR count). The van der Waals surface area contributed by atoms with Gasteiger partial charge in [-0.05, 0) is 36.8 Å². The van der Waals surface area contributed by atoms with Gasteiger partial charge in [0.15, 0.2) is 0 Å². The second kappa shape index (κ2) is 7.57. The normalized spacial score (nSPS) is 10.6. The Balaban J connectivity index is 1.43. The molecule has 1 aromatic heterocycles. The van der Waals surface area contributed by atoms with Gasteiger partial charge in [-0.1, -0.05) is 18.2 Å². The number of aryl methyl sites for hydroxylation is 1. The molecular formula is C18H17FN4O2. The number of hydrogen-bond acceptors (Lipinski definition) is 3. The van der Waals surface area contributed by atoms with Crippen LogP contribution in [0.5, 0.6) is 0 Å². The Bertz CT molecular complexity index is 874. The summed E-state index contributed by atoms with van der Waals surface area (Å²) in [6.45, 7) is 0.340. The van der Waals surface area contributed by atoms with Crippen molar-refractivity contribution in [3.8, 4) is 0 Å². The molecule has 25 heavy (non-hydrogen) atoms. The fourth-order valence-corrected chi connectivity index (χ4v) is 2.42. The summed E-state index contributed by atoms with van der Waals surface area (Å²) in [5, 5.41) is 4.88. The first-order valence-electron chi connectivity index (χ1n) is 7.90. The van der Waals surface area contributed by atoms with Crippen molar-refractivity contribution in [1.29, 1.82) is 0 Å². The van der Waals surface area contributed by atoms with E-state index in [0.29, 0.717) is 19.4 Å². The Morgan fingerprint density at radius 1 is 1.08 bits per heavy atom. The van der Waals surface area contributed by atoms with Gasteiger partial charge < -0.3 is 15.6 Å². The highest BCUT2D eigenvalue weighted by Gasteiger charge is 2.13. The van der Waals surface area contributed by atoms with Gasteiger partial charge in [-0.3, -0.25) is 9.59 Å². The summed E-state index contributed by atoms with van der Waals surface area (Å²) >= 11 is 0.